The van der Waals surface area contributed by atoms with Gasteiger partial charge in [0.05, 0.1) is 13.2 Å². The number of hydrogen-bond acceptors (Lipinski definition) is 4. The van der Waals surface area contributed by atoms with Crippen LogP contribution < -0.4 is 5.73 Å². The highest BCUT2D eigenvalue weighted by atomic mass is 16.5. The van der Waals surface area contributed by atoms with Crippen LogP contribution in [-0.4, -0.2) is 48.3 Å². The Kier molecular flexibility index (Phi) is 5.42. The fourth-order valence-corrected chi connectivity index (χ4v) is 1.95. The number of hydrogen-bond donors (Lipinski definition) is 2. The molecule has 1 atom stereocenters. The van der Waals surface area contributed by atoms with Crippen molar-refractivity contribution in [2.24, 2.45) is 10.9 Å². The monoisotopic (exact) mass is 215 g/mol. The van der Waals surface area contributed by atoms with Crippen LogP contribution >= 0.6 is 0 Å². The minimum atomic E-state index is 0.276. The fourth-order valence-electron chi connectivity index (χ4n) is 1.95. The van der Waals surface area contributed by atoms with E-state index in [4.69, 9.17) is 15.7 Å². The summed E-state index contributed by atoms with van der Waals surface area (Å²) in [5, 5.41) is 11.5. The zero-order valence-electron chi connectivity index (χ0n) is 9.35. The number of nitrogens with two attached hydrogens (primary N) is 1. The number of oxime groups is 1. The second-order valence-electron chi connectivity index (χ2n) is 3.87. The molecule has 1 heterocycles. The van der Waals surface area contributed by atoms with Crippen molar-refractivity contribution in [1.82, 2.24) is 4.90 Å². The van der Waals surface area contributed by atoms with E-state index >= 15 is 0 Å². The van der Waals surface area contributed by atoms with Crippen LogP contribution in [-0.2, 0) is 4.74 Å². The number of piperidine rings is 1. The predicted molar refractivity (Wildman–Crippen MR) is 59.1 cm³/mol. The van der Waals surface area contributed by atoms with E-state index in [2.05, 4.69) is 10.1 Å². The van der Waals surface area contributed by atoms with Crippen molar-refractivity contribution in [3.8, 4) is 0 Å². The number of amidine groups is 1. The van der Waals surface area contributed by atoms with Gasteiger partial charge in [-0.2, -0.15) is 0 Å². The molecule has 0 aromatic heterocycles. The first-order chi connectivity index (χ1) is 7.27. The van der Waals surface area contributed by atoms with Crippen molar-refractivity contribution in [3.05, 3.63) is 0 Å². The summed E-state index contributed by atoms with van der Waals surface area (Å²) < 4.78 is 5.43. The maximum Gasteiger partial charge on any atom is 0.153 e. The topological polar surface area (TPSA) is 71.1 Å². The van der Waals surface area contributed by atoms with Gasteiger partial charge in [0.2, 0.25) is 0 Å². The van der Waals surface area contributed by atoms with E-state index in [0.29, 0.717) is 12.6 Å². The second-order valence-corrected chi connectivity index (χ2v) is 3.87. The quantitative estimate of drug-likeness (QED) is 0.305. The Labute approximate surface area is 90.9 Å². The number of ether oxygens (including phenoxy) is 1. The van der Waals surface area contributed by atoms with Crippen molar-refractivity contribution < 1.29 is 9.94 Å². The number of nitrogens with zero attached hydrogens (tertiary/aromatic N) is 2. The highest BCUT2D eigenvalue weighted by molar-refractivity contribution is 5.81. The third-order valence-corrected chi connectivity index (χ3v) is 2.76. The van der Waals surface area contributed by atoms with Crippen molar-refractivity contribution in [2.45, 2.75) is 32.2 Å². The minimum Gasteiger partial charge on any atom is -0.409 e. The van der Waals surface area contributed by atoms with Crippen LogP contribution in [0.15, 0.2) is 5.16 Å². The summed E-state index contributed by atoms with van der Waals surface area (Å²) in [6, 6.07) is 0.416. The van der Waals surface area contributed by atoms with Crippen LogP contribution in [0.3, 0.4) is 0 Å². The van der Waals surface area contributed by atoms with Gasteiger partial charge in [-0.3, -0.25) is 4.90 Å². The molecule has 0 unspecified atom stereocenters. The normalized spacial score (nSPS) is 24.3. The Morgan fingerprint density at radius 3 is 3.07 bits per heavy atom. The lowest BCUT2D eigenvalue weighted by Crippen LogP contribution is -2.46. The van der Waals surface area contributed by atoms with Gasteiger partial charge in [0.15, 0.2) is 5.84 Å². The zero-order chi connectivity index (χ0) is 11.1. The Bertz CT molecular complexity index is 209. The Morgan fingerprint density at radius 2 is 2.40 bits per heavy atom. The average molecular weight is 215 g/mol. The molecule has 0 saturated carbocycles. The summed E-state index contributed by atoms with van der Waals surface area (Å²) in [6.45, 7) is 5.03. The maximum absolute atomic E-state index is 8.53. The SMILES string of the molecule is CCOC[C@H]1CCCCN1CC(N)=NO. The molecule has 5 heteroatoms. The number of rotatable bonds is 5. The van der Waals surface area contributed by atoms with Crippen LogP contribution in [0.1, 0.15) is 26.2 Å². The first-order valence-corrected chi connectivity index (χ1v) is 5.56. The Morgan fingerprint density at radius 1 is 1.60 bits per heavy atom. The van der Waals surface area contributed by atoms with Gasteiger partial charge in [0.1, 0.15) is 0 Å². The predicted octanol–water partition coefficient (Wildman–Crippen LogP) is 0.624. The molecule has 0 radical (unpaired) electrons. The second kappa shape index (κ2) is 6.63. The highest BCUT2D eigenvalue weighted by Crippen LogP contribution is 2.16. The van der Waals surface area contributed by atoms with E-state index in [1.807, 2.05) is 6.92 Å². The molecule has 3 N–H and O–H groups in total. The first kappa shape index (κ1) is 12.3. The van der Waals surface area contributed by atoms with Crippen molar-refractivity contribution in [3.63, 3.8) is 0 Å². The van der Waals surface area contributed by atoms with Crippen LogP contribution in [0.25, 0.3) is 0 Å². The summed E-state index contributed by atoms with van der Waals surface area (Å²) in [5.74, 6) is 0.276. The van der Waals surface area contributed by atoms with Gasteiger partial charge in [-0.1, -0.05) is 11.6 Å². The molecule has 1 aliphatic rings. The van der Waals surface area contributed by atoms with E-state index in [1.54, 1.807) is 0 Å². The summed E-state index contributed by atoms with van der Waals surface area (Å²) in [7, 11) is 0. The van der Waals surface area contributed by atoms with Gasteiger partial charge in [-0.25, -0.2) is 0 Å². The molecule has 1 aliphatic heterocycles. The van der Waals surface area contributed by atoms with Crippen molar-refractivity contribution >= 4 is 5.84 Å². The smallest absolute Gasteiger partial charge is 0.153 e. The van der Waals surface area contributed by atoms with Crippen molar-refractivity contribution in [1.29, 1.82) is 0 Å². The lowest BCUT2D eigenvalue weighted by molar-refractivity contribution is 0.0534. The van der Waals surface area contributed by atoms with Crippen LogP contribution in [0.5, 0.6) is 0 Å². The standard InChI is InChI=1S/C10H21N3O2/c1-2-15-8-9-5-3-4-6-13(9)7-10(11)12-14/h9,14H,2-8H2,1H3,(H2,11,12)/t9-/m1/s1. The summed E-state index contributed by atoms with van der Waals surface area (Å²) in [5.41, 5.74) is 5.51. The molecule has 0 bridgehead atoms. The van der Waals surface area contributed by atoms with Gasteiger partial charge in [-0.15, -0.1) is 0 Å². The van der Waals surface area contributed by atoms with E-state index in [9.17, 15) is 0 Å². The van der Waals surface area contributed by atoms with Gasteiger partial charge in [-0.05, 0) is 26.3 Å². The zero-order valence-corrected chi connectivity index (χ0v) is 9.35. The molecule has 1 rings (SSSR count). The highest BCUT2D eigenvalue weighted by Gasteiger charge is 2.22. The molecule has 0 aliphatic carbocycles. The minimum absolute atomic E-state index is 0.276. The number of likely N-dealkylation sites (tertiary alicyclic amines) is 1. The molecule has 88 valence electrons. The molecular formula is C10H21N3O2. The molecule has 15 heavy (non-hydrogen) atoms. The Hall–Kier alpha value is -0.810. The molecular weight excluding hydrogens is 194 g/mol. The molecule has 0 amide bonds. The fraction of sp³-hybridized carbons (Fsp3) is 0.900. The van der Waals surface area contributed by atoms with Gasteiger partial charge < -0.3 is 15.7 Å². The van der Waals surface area contributed by atoms with E-state index in [1.165, 1.54) is 12.8 Å². The van der Waals surface area contributed by atoms with E-state index in [-0.39, 0.29) is 5.84 Å². The van der Waals surface area contributed by atoms with E-state index < -0.39 is 0 Å². The molecule has 0 spiro atoms. The lowest BCUT2D eigenvalue weighted by Gasteiger charge is -2.34. The molecule has 1 fully saturated rings. The maximum atomic E-state index is 8.53. The lowest BCUT2D eigenvalue weighted by atomic mass is 10.0. The summed E-state index contributed by atoms with van der Waals surface area (Å²) in [6.07, 6.45) is 3.56. The largest absolute Gasteiger partial charge is 0.409 e. The average Bonchev–Trinajstić information content (AvgIpc) is 2.28. The van der Waals surface area contributed by atoms with Gasteiger partial charge >= 0.3 is 0 Å². The molecule has 0 aromatic rings. The van der Waals surface area contributed by atoms with Crippen LogP contribution in [0, 0.1) is 0 Å². The molecule has 1 saturated heterocycles. The van der Waals surface area contributed by atoms with Crippen LogP contribution in [0.4, 0.5) is 0 Å². The van der Waals surface area contributed by atoms with Crippen LogP contribution in [0.2, 0.25) is 0 Å². The van der Waals surface area contributed by atoms with E-state index in [0.717, 1.165) is 26.2 Å². The third kappa shape index (κ3) is 4.05. The third-order valence-electron chi connectivity index (χ3n) is 2.76. The van der Waals surface area contributed by atoms with Gasteiger partial charge in [0.25, 0.3) is 0 Å². The first-order valence-electron chi connectivity index (χ1n) is 5.56. The summed E-state index contributed by atoms with van der Waals surface area (Å²) >= 11 is 0. The van der Waals surface area contributed by atoms with Crippen molar-refractivity contribution in [2.75, 3.05) is 26.3 Å². The van der Waals surface area contributed by atoms with Gasteiger partial charge in [0, 0.05) is 12.6 Å². The Balaban J connectivity index is 2.42. The molecule has 0 aromatic carbocycles. The molecule has 5 nitrogen and oxygen atoms in total. The summed E-state index contributed by atoms with van der Waals surface area (Å²) in [4.78, 5) is 2.23.